The summed E-state index contributed by atoms with van der Waals surface area (Å²) < 4.78 is 0. The minimum absolute atomic E-state index is 0.352. The van der Waals surface area contributed by atoms with Gasteiger partial charge in [0.2, 0.25) is 6.04 Å². The Labute approximate surface area is 91.3 Å². The molecule has 0 saturated carbocycles. The van der Waals surface area contributed by atoms with E-state index in [4.69, 9.17) is 5.73 Å². The van der Waals surface area contributed by atoms with E-state index in [1.165, 1.54) is 4.90 Å². The zero-order valence-electron chi connectivity index (χ0n) is 10.4. The van der Waals surface area contributed by atoms with E-state index in [0.717, 1.165) is 0 Å². The lowest BCUT2D eigenvalue weighted by molar-refractivity contribution is -0.131. The molecule has 0 radical (unpaired) electrons. The summed E-state index contributed by atoms with van der Waals surface area (Å²) in [6.45, 7) is 9.65. The zero-order valence-corrected chi connectivity index (χ0v) is 10.4. The predicted octanol–water partition coefficient (Wildman–Crippen LogP) is 0.783. The number of carbonyl (C=O) groups excluding carboxylic acids is 2. The van der Waals surface area contributed by atoms with Gasteiger partial charge in [0.1, 0.15) is 5.84 Å². The number of hydrogen-bond donors (Lipinski definition) is 1. The predicted molar refractivity (Wildman–Crippen MR) is 61.6 cm³/mol. The van der Waals surface area contributed by atoms with Gasteiger partial charge in [-0.3, -0.25) is 9.59 Å². The Morgan fingerprint density at radius 3 is 1.87 bits per heavy atom. The van der Waals surface area contributed by atoms with Crippen LogP contribution in [0.3, 0.4) is 0 Å². The molecule has 0 saturated heterocycles. The SMILES string of the molecule is CC.CC.CC1=NC(C(N)=O)C(=O)N1C. The molecule has 2 N–H and O–H groups in total. The molecule has 1 unspecified atom stereocenters. The van der Waals surface area contributed by atoms with Gasteiger partial charge >= 0.3 is 0 Å². The van der Waals surface area contributed by atoms with Gasteiger partial charge in [-0.1, -0.05) is 27.7 Å². The molecule has 0 spiro atoms. The Kier molecular flexibility index (Phi) is 8.52. The monoisotopic (exact) mass is 215 g/mol. The highest BCUT2D eigenvalue weighted by Gasteiger charge is 2.33. The van der Waals surface area contributed by atoms with Crippen LogP contribution in [0.1, 0.15) is 34.6 Å². The van der Waals surface area contributed by atoms with Gasteiger partial charge in [-0.25, -0.2) is 4.99 Å². The first kappa shape index (κ1) is 16.1. The fraction of sp³-hybridized carbons (Fsp3) is 0.700. The van der Waals surface area contributed by atoms with E-state index in [0.29, 0.717) is 5.84 Å². The summed E-state index contributed by atoms with van der Waals surface area (Å²) in [4.78, 5) is 26.7. The van der Waals surface area contributed by atoms with Crippen molar-refractivity contribution in [2.75, 3.05) is 7.05 Å². The largest absolute Gasteiger partial charge is 0.367 e. The molecule has 88 valence electrons. The van der Waals surface area contributed by atoms with Gasteiger partial charge in [0.05, 0.1) is 0 Å². The highest BCUT2D eigenvalue weighted by Crippen LogP contribution is 2.07. The first-order chi connectivity index (χ1) is 7.04. The van der Waals surface area contributed by atoms with E-state index in [9.17, 15) is 9.59 Å². The average molecular weight is 215 g/mol. The minimum Gasteiger partial charge on any atom is -0.367 e. The highest BCUT2D eigenvalue weighted by atomic mass is 16.2. The van der Waals surface area contributed by atoms with E-state index >= 15 is 0 Å². The van der Waals surface area contributed by atoms with Gasteiger partial charge in [-0.05, 0) is 6.92 Å². The van der Waals surface area contributed by atoms with E-state index in [2.05, 4.69) is 4.99 Å². The van der Waals surface area contributed by atoms with Gasteiger partial charge in [0.15, 0.2) is 0 Å². The van der Waals surface area contributed by atoms with Crippen LogP contribution in [0.5, 0.6) is 0 Å². The fourth-order valence-corrected chi connectivity index (χ4v) is 0.857. The lowest BCUT2D eigenvalue weighted by Gasteiger charge is -2.07. The molecule has 5 heteroatoms. The minimum atomic E-state index is -1.00. The number of nitrogens with two attached hydrogens (primary N) is 1. The van der Waals surface area contributed by atoms with Crippen molar-refractivity contribution in [3.63, 3.8) is 0 Å². The maximum Gasteiger partial charge on any atom is 0.262 e. The van der Waals surface area contributed by atoms with Gasteiger partial charge in [-0.15, -0.1) is 0 Å². The van der Waals surface area contributed by atoms with Gasteiger partial charge in [0.25, 0.3) is 11.8 Å². The molecule has 2 amide bonds. The molecule has 0 aromatic carbocycles. The van der Waals surface area contributed by atoms with Crippen LogP contribution in [0.2, 0.25) is 0 Å². The van der Waals surface area contributed by atoms with Crippen molar-refractivity contribution in [3.05, 3.63) is 0 Å². The fourth-order valence-electron chi connectivity index (χ4n) is 0.857. The number of rotatable bonds is 1. The summed E-state index contributed by atoms with van der Waals surface area (Å²) in [6, 6.07) is -1.00. The highest BCUT2D eigenvalue weighted by molar-refractivity contribution is 6.14. The topological polar surface area (TPSA) is 75.8 Å². The van der Waals surface area contributed by atoms with Crippen molar-refractivity contribution < 1.29 is 9.59 Å². The molecule has 1 rings (SSSR count). The zero-order chi connectivity index (χ0) is 12.6. The van der Waals surface area contributed by atoms with E-state index in [1.54, 1.807) is 14.0 Å². The van der Waals surface area contributed by atoms with Gasteiger partial charge in [-0.2, -0.15) is 0 Å². The van der Waals surface area contributed by atoms with Crippen LogP contribution < -0.4 is 5.73 Å². The van der Waals surface area contributed by atoms with Crippen LogP contribution in [0, 0.1) is 0 Å². The van der Waals surface area contributed by atoms with Crippen molar-refractivity contribution in [1.82, 2.24) is 4.90 Å². The second kappa shape index (κ2) is 7.96. The quantitative estimate of drug-likeness (QED) is 0.656. The Hall–Kier alpha value is -1.39. The number of aliphatic imine (C=N–C) groups is 1. The third-order valence-corrected chi connectivity index (χ3v) is 1.64. The molecule has 0 aromatic heterocycles. The molecule has 0 aliphatic carbocycles. The Bertz CT molecular complexity index is 249. The van der Waals surface area contributed by atoms with E-state index in [1.807, 2.05) is 27.7 Å². The second-order valence-corrected chi connectivity index (χ2v) is 2.38. The van der Waals surface area contributed by atoms with E-state index < -0.39 is 11.9 Å². The molecule has 0 fully saturated rings. The lowest BCUT2D eigenvalue weighted by Crippen LogP contribution is -2.37. The summed E-state index contributed by atoms with van der Waals surface area (Å²) in [7, 11) is 1.56. The summed E-state index contributed by atoms with van der Waals surface area (Å²) >= 11 is 0. The molecule has 1 aliphatic rings. The Morgan fingerprint density at radius 2 is 1.73 bits per heavy atom. The first-order valence-electron chi connectivity index (χ1n) is 5.15. The third-order valence-electron chi connectivity index (χ3n) is 1.64. The first-order valence-corrected chi connectivity index (χ1v) is 5.15. The van der Waals surface area contributed by atoms with Crippen LogP contribution in [0.25, 0.3) is 0 Å². The summed E-state index contributed by atoms with van der Waals surface area (Å²) in [6.07, 6.45) is 0. The molecule has 5 nitrogen and oxygen atoms in total. The maximum absolute atomic E-state index is 11.1. The molecular weight excluding hydrogens is 194 g/mol. The molecular formula is C10H21N3O2. The standard InChI is InChI=1S/C6H9N3O2.2C2H6/c1-3-8-4(5(7)10)6(11)9(3)2;2*1-2/h4H,1-2H3,(H2,7,10);2*1-2H3. The summed E-state index contributed by atoms with van der Waals surface area (Å²) in [5.41, 5.74) is 4.92. The number of likely N-dealkylation sites (N-methyl/N-ethyl adjacent to an activating group) is 1. The number of carbonyl (C=O) groups is 2. The van der Waals surface area contributed by atoms with Crippen LogP contribution in [0.4, 0.5) is 0 Å². The molecule has 0 aromatic rings. The Morgan fingerprint density at radius 1 is 1.33 bits per heavy atom. The van der Waals surface area contributed by atoms with Crippen molar-refractivity contribution in [2.24, 2.45) is 10.7 Å². The Balaban J connectivity index is 0. The third kappa shape index (κ3) is 4.10. The smallest absolute Gasteiger partial charge is 0.262 e. The van der Waals surface area contributed by atoms with Crippen molar-refractivity contribution in [2.45, 2.75) is 40.7 Å². The second-order valence-electron chi connectivity index (χ2n) is 2.38. The van der Waals surface area contributed by atoms with Crippen molar-refractivity contribution in [3.8, 4) is 0 Å². The molecule has 1 heterocycles. The van der Waals surface area contributed by atoms with Crippen LogP contribution in [-0.4, -0.2) is 35.6 Å². The number of nitrogens with zero attached hydrogens (tertiary/aromatic N) is 2. The van der Waals surface area contributed by atoms with Crippen molar-refractivity contribution in [1.29, 1.82) is 0 Å². The normalized spacial score (nSPS) is 18.3. The number of hydrogen-bond acceptors (Lipinski definition) is 3. The van der Waals surface area contributed by atoms with Crippen LogP contribution in [0.15, 0.2) is 4.99 Å². The summed E-state index contributed by atoms with van der Waals surface area (Å²) in [5.74, 6) is -0.521. The number of primary amides is 1. The number of amides is 2. The van der Waals surface area contributed by atoms with Gasteiger partial charge < -0.3 is 10.6 Å². The van der Waals surface area contributed by atoms with Crippen LogP contribution >= 0.6 is 0 Å². The van der Waals surface area contributed by atoms with Gasteiger partial charge in [0, 0.05) is 7.05 Å². The lowest BCUT2D eigenvalue weighted by atomic mass is 10.3. The average Bonchev–Trinajstić information content (AvgIpc) is 2.52. The number of amidine groups is 1. The summed E-state index contributed by atoms with van der Waals surface area (Å²) in [5, 5.41) is 0. The molecule has 15 heavy (non-hydrogen) atoms. The van der Waals surface area contributed by atoms with Crippen LogP contribution in [-0.2, 0) is 9.59 Å². The van der Waals surface area contributed by atoms with E-state index in [-0.39, 0.29) is 5.91 Å². The molecule has 1 atom stereocenters. The molecule has 1 aliphatic heterocycles. The molecule has 0 bridgehead atoms. The van der Waals surface area contributed by atoms with Crippen molar-refractivity contribution >= 4 is 17.6 Å². The maximum atomic E-state index is 11.1.